The van der Waals surface area contributed by atoms with Gasteiger partial charge in [-0.05, 0) is 19.4 Å². The fourth-order valence-corrected chi connectivity index (χ4v) is 5.22. The number of nitrogens with one attached hydrogen (secondary N) is 1. The van der Waals surface area contributed by atoms with Gasteiger partial charge in [0.25, 0.3) is 5.56 Å². The van der Waals surface area contributed by atoms with Gasteiger partial charge < -0.3 is 10.2 Å². The van der Waals surface area contributed by atoms with Crippen LogP contribution in [0.2, 0.25) is 0 Å². The number of hydrogen-bond donors (Lipinski definition) is 1. The molecule has 2 bridgehead atoms. The van der Waals surface area contributed by atoms with Crippen molar-refractivity contribution in [3.63, 3.8) is 0 Å². The number of carbonyl (C=O) groups is 2. The van der Waals surface area contributed by atoms with E-state index in [-0.39, 0.29) is 29.2 Å². The Morgan fingerprint density at radius 2 is 2.14 bits per heavy atom. The Hall–Kier alpha value is -2.48. The van der Waals surface area contributed by atoms with Gasteiger partial charge in [-0.2, -0.15) is 0 Å². The number of fused-ring (bicyclic) bond motifs is 4. The third kappa shape index (κ3) is 3.48. The fraction of sp³-hybridized carbons (Fsp3) is 0.500. The first kappa shape index (κ1) is 18.9. The molecule has 7 nitrogen and oxygen atoms in total. The van der Waals surface area contributed by atoms with Crippen LogP contribution in [0.3, 0.4) is 0 Å². The second-order valence-corrected chi connectivity index (χ2v) is 8.59. The maximum Gasteiger partial charge on any atom is 0.251 e. The fourth-order valence-electron chi connectivity index (χ4n) is 4.44. The topological polar surface area (TPSA) is 84.3 Å². The predicted octanol–water partition coefficient (Wildman–Crippen LogP) is 1.48. The van der Waals surface area contributed by atoms with E-state index in [1.54, 1.807) is 33.8 Å². The molecule has 1 fully saturated rings. The summed E-state index contributed by atoms with van der Waals surface area (Å²) in [4.78, 5) is 43.9. The number of aryl methyl sites for hydroxylation is 1. The minimum absolute atomic E-state index is 0.0136. The first-order valence-corrected chi connectivity index (χ1v) is 10.5. The van der Waals surface area contributed by atoms with Gasteiger partial charge in [-0.1, -0.05) is 6.07 Å². The third-order valence-electron chi connectivity index (χ3n) is 5.67. The van der Waals surface area contributed by atoms with Crippen molar-refractivity contribution in [3.8, 4) is 0 Å². The molecule has 2 aliphatic heterocycles. The van der Waals surface area contributed by atoms with Crippen LogP contribution in [-0.2, 0) is 16.0 Å². The zero-order valence-electron chi connectivity index (χ0n) is 16.1. The van der Waals surface area contributed by atoms with Crippen molar-refractivity contribution in [2.75, 3.05) is 19.6 Å². The highest BCUT2D eigenvalue weighted by Gasteiger charge is 2.44. The summed E-state index contributed by atoms with van der Waals surface area (Å²) in [6.45, 7) is 5.10. The summed E-state index contributed by atoms with van der Waals surface area (Å²) in [5, 5.41) is 5.97. The van der Waals surface area contributed by atoms with Gasteiger partial charge >= 0.3 is 0 Å². The molecule has 0 radical (unpaired) electrons. The number of thiazole rings is 1. The monoisotopic (exact) mass is 400 g/mol. The van der Waals surface area contributed by atoms with Gasteiger partial charge in [0.05, 0.1) is 5.01 Å². The highest BCUT2D eigenvalue weighted by atomic mass is 32.1. The molecule has 0 unspecified atom stereocenters. The number of piperidine rings is 1. The molecular weight excluding hydrogens is 376 g/mol. The van der Waals surface area contributed by atoms with Crippen molar-refractivity contribution in [3.05, 3.63) is 50.3 Å². The summed E-state index contributed by atoms with van der Waals surface area (Å²) < 4.78 is 1.65. The Bertz CT molecular complexity index is 966. The molecule has 0 aliphatic carbocycles. The minimum Gasteiger partial charge on any atom is -0.354 e. The molecule has 0 saturated carbocycles. The average Bonchev–Trinajstić information content (AvgIpc) is 3.07. The Labute approximate surface area is 167 Å². The van der Waals surface area contributed by atoms with Gasteiger partial charge in [0, 0.05) is 67.6 Å². The number of aromatic nitrogens is 2. The molecule has 1 saturated heterocycles. The van der Waals surface area contributed by atoms with E-state index in [0.717, 1.165) is 22.8 Å². The van der Waals surface area contributed by atoms with E-state index in [0.29, 0.717) is 26.1 Å². The standard InChI is InChI=1S/C20H24N4O3S/c1-12-11-28-17(22-12)6-7-21-20(27)19-15-8-14(9-23(10-15)13(2)25)16-4-3-5-18(26)24(16)19/h3-5,11,14-15,19H,6-10H2,1-2H3,(H,21,27)/t14-,15+,19-/m1/s1. The van der Waals surface area contributed by atoms with E-state index in [2.05, 4.69) is 10.3 Å². The van der Waals surface area contributed by atoms with Gasteiger partial charge in [-0.15, -0.1) is 11.3 Å². The summed E-state index contributed by atoms with van der Waals surface area (Å²) in [7, 11) is 0. The van der Waals surface area contributed by atoms with Gasteiger partial charge in [-0.25, -0.2) is 4.98 Å². The van der Waals surface area contributed by atoms with Crippen LogP contribution >= 0.6 is 11.3 Å². The van der Waals surface area contributed by atoms with Crippen molar-refractivity contribution in [2.45, 2.75) is 38.6 Å². The Morgan fingerprint density at radius 1 is 1.32 bits per heavy atom. The van der Waals surface area contributed by atoms with Gasteiger partial charge in [0.15, 0.2) is 0 Å². The molecule has 2 aliphatic rings. The number of pyridine rings is 1. The molecule has 2 aromatic heterocycles. The number of rotatable bonds is 4. The molecule has 0 aromatic carbocycles. The van der Waals surface area contributed by atoms with Crippen LogP contribution in [0.1, 0.15) is 41.7 Å². The molecule has 8 heteroatoms. The average molecular weight is 401 g/mol. The summed E-state index contributed by atoms with van der Waals surface area (Å²) in [5.74, 6) is -0.104. The molecule has 3 atom stereocenters. The predicted molar refractivity (Wildman–Crippen MR) is 106 cm³/mol. The van der Waals surface area contributed by atoms with Crippen molar-refractivity contribution in [2.24, 2.45) is 5.92 Å². The third-order valence-corrected chi connectivity index (χ3v) is 6.69. The lowest BCUT2D eigenvalue weighted by molar-refractivity contribution is -0.135. The lowest BCUT2D eigenvalue weighted by Crippen LogP contribution is -2.54. The van der Waals surface area contributed by atoms with Crippen molar-refractivity contribution >= 4 is 23.2 Å². The first-order chi connectivity index (χ1) is 13.4. The quantitative estimate of drug-likeness (QED) is 0.843. The normalized spacial score (nSPS) is 23.2. The zero-order chi connectivity index (χ0) is 19.8. The highest BCUT2D eigenvalue weighted by molar-refractivity contribution is 7.09. The molecule has 0 spiro atoms. The second kappa shape index (κ2) is 7.50. The summed E-state index contributed by atoms with van der Waals surface area (Å²) in [6.07, 6.45) is 1.48. The van der Waals surface area contributed by atoms with Crippen LogP contribution in [0.5, 0.6) is 0 Å². The largest absolute Gasteiger partial charge is 0.354 e. The second-order valence-electron chi connectivity index (χ2n) is 7.64. The maximum atomic E-state index is 13.1. The zero-order valence-corrected chi connectivity index (χ0v) is 16.9. The lowest BCUT2D eigenvalue weighted by Gasteiger charge is -2.46. The molecule has 2 aromatic rings. The summed E-state index contributed by atoms with van der Waals surface area (Å²) in [6, 6.07) is 4.57. The number of likely N-dealkylation sites (tertiary alicyclic amines) is 1. The number of amides is 2. The molecular formula is C20H24N4O3S. The number of carbonyl (C=O) groups excluding carboxylic acids is 2. The molecule has 4 rings (SSSR count). The van der Waals surface area contributed by atoms with Crippen LogP contribution in [0.25, 0.3) is 0 Å². The summed E-state index contributed by atoms with van der Waals surface area (Å²) in [5.41, 5.74) is 1.68. The maximum absolute atomic E-state index is 13.1. The molecule has 28 heavy (non-hydrogen) atoms. The van der Waals surface area contributed by atoms with E-state index < -0.39 is 6.04 Å². The molecule has 2 amide bonds. The van der Waals surface area contributed by atoms with Gasteiger partial charge in [-0.3, -0.25) is 19.0 Å². The van der Waals surface area contributed by atoms with Gasteiger partial charge in [0.2, 0.25) is 11.8 Å². The highest BCUT2D eigenvalue weighted by Crippen LogP contribution is 2.41. The molecule has 1 N–H and O–H groups in total. The van der Waals surface area contributed by atoms with Crippen LogP contribution in [0, 0.1) is 12.8 Å². The van der Waals surface area contributed by atoms with Crippen LogP contribution in [-0.4, -0.2) is 45.9 Å². The number of nitrogens with zero attached hydrogens (tertiary/aromatic N) is 3. The minimum atomic E-state index is -0.583. The van der Waals surface area contributed by atoms with E-state index >= 15 is 0 Å². The van der Waals surface area contributed by atoms with Crippen LogP contribution in [0.15, 0.2) is 28.4 Å². The number of hydrogen-bond acceptors (Lipinski definition) is 5. The van der Waals surface area contributed by atoms with Crippen LogP contribution < -0.4 is 10.9 Å². The Morgan fingerprint density at radius 3 is 2.86 bits per heavy atom. The molecule has 148 valence electrons. The lowest BCUT2D eigenvalue weighted by atomic mass is 9.78. The van der Waals surface area contributed by atoms with Crippen molar-refractivity contribution < 1.29 is 9.59 Å². The van der Waals surface area contributed by atoms with E-state index in [1.807, 2.05) is 18.4 Å². The SMILES string of the molecule is CC(=O)N1C[C@H]2C[C@@H](C1)[C@H](C(=O)NCCc1nc(C)cs1)n1c2cccc1=O. The molecule has 4 heterocycles. The van der Waals surface area contributed by atoms with E-state index in [4.69, 9.17) is 0 Å². The first-order valence-electron chi connectivity index (χ1n) is 9.59. The Kier molecular flexibility index (Phi) is 5.05. The van der Waals surface area contributed by atoms with Crippen molar-refractivity contribution in [1.82, 2.24) is 19.8 Å². The Balaban J connectivity index is 1.57. The van der Waals surface area contributed by atoms with E-state index in [9.17, 15) is 14.4 Å². The van der Waals surface area contributed by atoms with Crippen molar-refractivity contribution in [1.29, 1.82) is 0 Å². The summed E-state index contributed by atoms with van der Waals surface area (Å²) >= 11 is 1.58. The smallest absolute Gasteiger partial charge is 0.251 e. The van der Waals surface area contributed by atoms with E-state index in [1.165, 1.54) is 6.07 Å². The van der Waals surface area contributed by atoms with Crippen LogP contribution in [0.4, 0.5) is 0 Å². The van der Waals surface area contributed by atoms with Gasteiger partial charge in [0.1, 0.15) is 6.04 Å².